The second kappa shape index (κ2) is 6.71. The molecule has 0 saturated carbocycles. The zero-order valence-electron chi connectivity index (χ0n) is 12.5. The van der Waals surface area contributed by atoms with Gasteiger partial charge in [-0.1, -0.05) is 28.1 Å². The Morgan fingerprint density at radius 3 is 2.14 bits per heavy atom. The lowest BCUT2D eigenvalue weighted by Gasteiger charge is -2.17. The number of benzene rings is 2. The van der Waals surface area contributed by atoms with Gasteiger partial charge in [0.05, 0.1) is 19.6 Å². The Morgan fingerprint density at radius 1 is 0.952 bits per heavy atom. The number of alkyl halides is 1. The monoisotopic (exact) mass is 368 g/mol. The molecule has 0 spiro atoms. The third-order valence-electron chi connectivity index (χ3n) is 3.53. The quantitative estimate of drug-likeness (QED) is 0.671. The van der Waals surface area contributed by atoms with Crippen LogP contribution >= 0.6 is 27.5 Å². The maximum atomic E-state index is 6.67. The number of halogens is 2. The van der Waals surface area contributed by atoms with Crippen LogP contribution in [0.3, 0.4) is 0 Å². The van der Waals surface area contributed by atoms with E-state index in [9.17, 15) is 0 Å². The van der Waals surface area contributed by atoms with E-state index in [0.29, 0.717) is 11.5 Å². The van der Waals surface area contributed by atoms with Gasteiger partial charge >= 0.3 is 0 Å². The van der Waals surface area contributed by atoms with Crippen molar-refractivity contribution in [2.24, 2.45) is 0 Å². The minimum atomic E-state index is -0.235. The molecule has 0 aliphatic carbocycles. The van der Waals surface area contributed by atoms with Crippen LogP contribution in [0, 0.1) is 13.8 Å². The van der Waals surface area contributed by atoms with Gasteiger partial charge in [0.15, 0.2) is 11.5 Å². The van der Waals surface area contributed by atoms with Crippen LogP contribution in [0.5, 0.6) is 11.5 Å². The van der Waals surface area contributed by atoms with Gasteiger partial charge < -0.3 is 9.47 Å². The maximum absolute atomic E-state index is 6.67. The Bertz CT molecular complexity index is 655. The van der Waals surface area contributed by atoms with Crippen LogP contribution < -0.4 is 9.47 Å². The van der Waals surface area contributed by atoms with Crippen molar-refractivity contribution in [2.45, 2.75) is 19.2 Å². The van der Waals surface area contributed by atoms with Crippen LogP contribution in [0.25, 0.3) is 0 Å². The average Bonchev–Trinajstić information content (AvgIpc) is 2.49. The number of hydrogen-bond donors (Lipinski definition) is 0. The van der Waals surface area contributed by atoms with Crippen molar-refractivity contribution in [3.05, 3.63) is 57.1 Å². The fourth-order valence-electron chi connectivity index (χ4n) is 2.22. The molecule has 0 bridgehead atoms. The first-order valence-electron chi connectivity index (χ1n) is 6.60. The molecule has 0 N–H and O–H groups in total. The number of aryl methyl sites for hydroxylation is 2. The van der Waals surface area contributed by atoms with Crippen LogP contribution in [-0.2, 0) is 0 Å². The van der Waals surface area contributed by atoms with E-state index in [1.54, 1.807) is 14.2 Å². The summed E-state index contributed by atoms with van der Waals surface area (Å²) in [6.45, 7) is 4.08. The van der Waals surface area contributed by atoms with Crippen LogP contribution in [0.4, 0.5) is 0 Å². The molecule has 4 heteroatoms. The summed E-state index contributed by atoms with van der Waals surface area (Å²) >= 11 is 10.2. The van der Waals surface area contributed by atoms with Gasteiger partial charge in [-0.25, -0.2) is 0 Å². The second-order valence-corrected chi connectivity index (χ2v) is 6.23. The molecule has 0 aliphatic heterocycles. The Kier molecular flexibility index (Phi) is 5.17. The summed E-state index contributed by atoms with van der Waals surface area (Å²) in [5, 5.41) is -0.235. The number of ether oxygens (including phenoxy) is 2. The van der Waals surface area contributed by atoms with Gasteiger partial charge in [0.25, 0.3) is 0 Å². The van der Waals surface area contributed by atoms with E-state index in [1.807, 2.05) is 25.1 Å². The van der Waals surface area contributed by atoms with E-state index in [2.05, 4.69) is 35.0 Å². The Morgan fingerprint density at radius 2 is 1.57 bits per heavy atom. The molecular weight excluding hydrogens is 352 g/mol. The first kappa shape index (κ1) is 16.2. The van der Waals surface area contributed by atoms with E-state index >= 15 is 0 Å². The summed E-state index contributed by atoms with van der Waals surface area (Å²) in [6.07, 6.45) is 0. The molecule has 0 fully saturated rings. The topological polar surface area (TPSA) is 18.5 Å². The zero-order chi connectivity index (χ0) is 15.6. The second-order valence-electron chi connectivity index (χ2n) is 4.93. The highest BCUT2D eigenvalue weighted by atomic mass is 79.9. The maximum Gasteiger partial charge on any atom is 0.161 e. The fraction of sp³-hybridized carbons (Fsp3) is 0.294. The lowest BCUT2D eigenvalue weighted by Crippen LogP contribution is -2.00. The third-order valence-corrected chi connectivity index (χ3v) is 4.88. The molecule has 0 radical (unpaired) electrons. The lowest BCUT2D eigenvalue weighted by atomic mass is 9.98. The summed E-state index contributed by atoms with van der Waals surface area (Å²) in [7, 11) is 3.26. The molecule has 0 aliphatic rings. The predicted octanol–water partition coefficient (Wildman–Crippen LogP) is 5.41. The first-order chi connectivity index (χ1) is 9.97. The predicted molar refractivity (Wildman–Crippen MR) is 90.9 cm³/mol. The van der Waals surface area contributed by atoms with E-state index in [4.69, 9.17) is 21.1 Å². The minimum absolute atomic E-state index is 0.235. The molecule has 1 atom stereocenters. The van der Waals surface area contributed by atoms with Crippen molar-refractivity contribution >= 4 is 27.5 Å². The van der Waals surface area contributed by atoms with E-state index in [1.165, 1.54) is 5.56 Å². The van der Waals surface area contributed by atoms with Gasteiger partial charge in [-0.3, -0.25) is 0 Å². The van der Waals surface area contributed by atoms with Crippen molar-refractivity contribution in [3.63, 3.8) is 0 Å². The SMILES string of the molecule is COc1cc(C)c(C(Cl)c2ccc(C)c(Br)c2)cc1OC. The molecule has 0 aromatic heterocycles. The molecule has 0 saturated heterocycles. The molecular formula is C17H18BrClO2. The van der Waals surface area contributed by atoms with Crippen molar-refractivity contribution in [1.29, 1.82) is 0 Å². The molecule has 2 nitrogen and oxygen atoms in total. The van der Waals surface area contributed by atoms with Crippen LogP contribution in [-0.4, -0.2) is 14.2 Å². The van der Waals surface area contributed by atoms with Crippen molar-refractivity contribution < 1.29 is 9.47 Å². The first-order valence-corrected chi connectivity index (χ1v) is 7.83. The van der Waals surface area contributed by atoms with Crippen molar-refractivity contribution in [2.75, 3.05) is 14.2 Å². The Balaban J connectivity index is 2.47. The Labute approximate surface area is 139 Å². The van der Waals surface area contributed by atoms with E-state index in [-0.39, 0.29) is 5.38 Å². The minimum Gasteiger partial charge on any atom is -0.493 e. The number of methoxy groups -OCH3 is 2. The van der Waals surface area contributed by atoms with Crippen LogP contribution in [0.1, 0.15) is 27.6 Å². The van der Waals surface area contributed by atoms with Gasteiger partial charge in [0.1, 0.15) is 0 Å². The van der Waals surface area contributed by atoms with Crippen molar-refractivity contribution in [1.82, 2.24) is 0 Å². The molecule has 0 amide bonds. The number of hydrogen-bond acceptors (Lipinski definition) is 2. The summed E-state index contributed by atoms with van der Waals surface area (Å²) in [4.78, 5) is 0. The molecule has 112 valence electrons. The fourth-order valence-corrected chi connectivity index (χ4v) is 2.98. The molecule has 2 aromatic rings. The van der Waals surface area contributed by atoms with Crippen LogP contribution in [0.2, 0.25) is 0 Å². The summed E-state index contributed by atoms with van der Waals surface area (Å²) in [5.74, 6) is 1.41. The molecule has 2 aromatic carbocycles. The smallest absolute Gasteiger partial charge is 0.161 e. The van der Waals surface area contributed by atoms with Gasteiger partial charge in [0.2, 0.25) is 0 Å². The standard InChI is InChI=1S/C17H18BrClO2/c1-10-5-6-12(8-14(10)18)17(19)13-9-16(21-4)15(20-3)7-11(13)2/h5-9,17H,1-4H3. The van der Waals surface area contributed by atoms with Crippen molar-refractivity contribution in [3.8, 4) is 11.5 Å². The largest absolute Gasteiger partial charge is 0.493 e. The molecule has 21 heavy (non-hydrogen) atoms. The summed E-state index contributed by atoms with van der Waals surface area (Å²) in [5.41, 5.74) is 4.32. The summed E-state index contributed by atoms with van der Waals surface area (Å²) in [6, 6.07) is 10.1. The average molecular weight is 370 g/mol. The van der Waals surface area contributed by atoms with Crippen LogP contribution in [0.15, 0.2) is 34.8 Å². The molecule has 1 unspecified atom stereocenters. The van der Waals surface area contributed by atoms with Gasteiger partial charge in [-0.15, -0.1) is 11.6 Å². The lowest BCUT2D eigenvalue weighted by molar-refractivity contribution is 0.354. The van der Waals surface area contributed by atoms with E-state index < -0.39 is 0 Å². The highest BCUT2D eigenvalue weighted by Crippen LogP contribution is 2.38. The normalized spacial score (nSPS) is 12.1. The number of rotatable bonds is 4. The Hall–Kier alpha value is -1.19. The zero-order valence-corrected chi connectivity index (χ0v) is 14.9. The molecule has 2 rings (SSSR count). The van der Waals surface area contributed by atoms with E-state index in [0.717, 1.165) is 21.2 Å². The molecule has 0 heterocycles. The highest BCUT2D eigenvalue weighted by molar-refractivity contribution is 9.10. The van der Waals surface area contributed by atoms with Gasteiger partial charge in [-0.05, 0) is 54.3 Å². The van der Waals surface area contributed by atoms with Gasteiger partial charge in [0, 0.05) is 4.47 Å². The highest BCUT2D eigenvalue weighted by Gasteiger charge is 2.17. The third kappa shape index (κ3) is 3.35. The van der Waals surface area contributed by atoms with Gasteiger partial charge in [-0.2, -0.15) is 0 Å². The summed E-state index contributed by atoms with van der Waals surface area (Å²) < 4.78 is 11.7.